The Bertz CT molecular complexity index is 826. The lowest BCUT2D eigenvalue weighted by Crippen LogP contribution is -2.42. The van der Waals surface area contributed by atoms with Gasteiger partial charge in [-0.15, -0.1) is 12.4 Å². The van der Waals surface area contributed by atoms with Gasteiger partial charge < -0.3 is 10.0 Å². The number of amides is 1. The van der Waals surface area contributed by atoms with E-state index in [9.17, 15) is 9.90 Å². The van der Waals surface area contributed by atoms with Crippen molar-refractivity contribution in [2.24, 2.45) is 5.92 Å². The molecule has 1 saturated heterocycles. The van der Waals surface area contributed by atoms with Gasteiger partial charge in [-0.1, -0.05) is 79.9 Å². The minimum atomic E-state index is -0.253. The van der Waals surface area contributed by atoms with E-state index in [4.69, 9.17) is 0 Å². The molecule has 4 rings (SSSR count). The SMILES string of the molecule is CN(C(=O)C(c1ccccc1)C1CCCCC1)[C@H](CN1CC[C@H](O)C1)c1ccccc1.Cl. The van der Waals surface area contributed by atoms with Gasteiger partial charge in [0.05, 0.1) is 18.1 Å². The quantitative estimate of drug-likeness (QED) is 0.634. The number of hydrogen-bond acceptors (Lipinski definition) is 3. The molecule has 1 heterocycles. The number of likely N-dealkylation sites (N-methyl/N-ethyl adjacent to an activating group) is 1. The van der Waals surface area contributed by atoms with Crippen molar-refractivity contribution in [1.82, 2.24) is 9.80 Å². The number of carbonyl (C=O) groups excluding carboxylic acids is 1. The fourth-order valence-electron chi connectivity index (χ4n) is 5.47. The smallest absolute Gasteiger partial charge is 0.230 e. The number of aliphatic hydroxyl groups is 1. The zero-order valence-corrected chi connectivity index (χ0v) is 19.9. The minimum absolute atomic E-state index is 0. The van der Waals surface area contributed by atoms with Gasteiger partial charge >= 0.3 is 0 Å². The maximum atomic E-state index is 14.1. The van der Waals surface area contributed by atoms with Gasteiger partial charge in [0.1, 0.15) is 0 Å². The molecule has 1 unspecified atom stereocenters. The van der Waals surface area contributed by atoms with E-state index in [1.807, 2.05) is 24.1 Å². The third-order valence-corrected chi connectivity index (χ3v) is 7.22. The summed E-state index contributed by atoms with van der Waals surface area (Å²) in [6.45, 7) is 2.34. The number of β-amino-alcohol motifs (C(OH)–C–C–N with tert-alkyl or cyclic N) is 1. The summed E-state index contributed by atoms with van der Waals surface area (Å²) in [6.07, 6.45) is 6.55. The second kappa shape index (κ2) is 11.8. The largest absolute Gasteiger partial charge is 0.392 e. The summed E-state index contributed by atoms with van der Waals surface area (Å²) in [5, 5.41) is 10.0. The van der Waals surface area contributed by atoms with E-state index < -0.39 is 0 Å². The second-order valence-electron chi connectivity index (χ2n) is 9.36. The molecule has 174 valence electrons. The summed E-state index contributed by atoms with van der Waals surface area (Å²) < 4.78 is 0. The van der Waals surface area contributed by atoms with Crippen LogP contribution < -0.4 is 0 Å². The van der Waals surface area contributed by atoms with Gasteiger partial charge in [0.15, 0.2) is 0 Å². The Balaban J connectivity index is 0.00000289. The predicted octanol–water partition coefficient (Wildman–Crippen LogP) is 5.04. The monoisotopic (exact) mass is 456 g/mol. The van der Waals surface area contributed by atoms with E-state index in [-0.39, 0.29) is 36.4 Å². The molecular weight excluding hydrogens is 420 g/mol. The van der Waals surface area contributed by atoms with Crippen LogP contribution in [0, 0.1) is 5.92 Å². The van der Waals surface area contributed by atoms with Crippen LogP contribution >= 0.6 is 12.4 Å². The predicted molar refractivity (Wildman–Crippen MR) is 132 cm³/mol. The van der Waals surface area contributed by atoms with Crippen molar-refractivity contribution < 1.29 is 9.90 Å². The molecule has 0 spiro atoms. The molecule has 2 aliphatic rings. The third-order valence-electron chi connectivity index (χ3n) is 7.22. The number of likely N-dealkylation sites (tertiary alicyclic amines) is 1. The first-order valence-electron chi connectivity index (χ1n) is 11.9. The molecule has 4 nitrogen and oxygen atoms in total. The topological polar surface area (TPSA) is 43.8 Å². The molecule has 0 aromatic heterocycles. The minimum Gasteiger partial charge on any atom is -0.392 e. The fraction of sp³-hybridized carbons (Fsp3) is 0.519. The first kappa shape index (κ1) is 24.8. The number of benzene rings is 2. The van der Waals surface area contributed by atoms with Crippen LogP contribution in [0.4, 0.5) is 0 Å². The van der Waals surface area contributed by atoms with Gasteiger partial charge in [0.2, 0.25) is 5.91 Å². The van der Waals surface area contributed by atoms with Crippen LogP contribution in [-0.4, -0.2) is 53.6 Å². The molecule has 0 radical (unpaired) electrons. The van der Waals surface area contributed by atoms with Crippen molar-refractivity contribution in [1.29, 1.82) is 0 Å². The van der Waals surface area contributed by atoms with Crippen molar-refractivity contribution >= 4 is 18.3 Å². The number of hydrogen-bond donors (Lipinski definition) is 1. The van der Waals surface area contributed by atoms with Gasteiger partial charge in [-0.25, -0.2) is 0 Å². The Morgan fingerprint density at radius 1 is 0.969 bits per heavy atom. The number of rotatable bonds is 7. The van der Waals surface area contributed by atoms with E-state index in [1.165, 1.54) is 19.3 Å². The van der Waals surface area contributed by atoms with E-state index in [0.717, 1.165) is 43.5 Å². The van der Waals surface area contributed by atoms with Crippen LogP contribution in [0.5, 0.6) is 0 Å². The van der Waals surface area contributed by atoms with E-state index >= 15 is 0 Å². The van der Waals surface area contributed by atoms with Crippen LogP contribution in [0.15, 0.2) is 60.7 Å². The lowest BCUT2D eigenvalue weighted by Gasteiger charge is -2.37. The molecule has 1 N–H and O–H groups in total. The molecule has 32 heavy (non-hydrogen) atoms. The van der Waals surface area contributed by atoms with Gasteiger partial charge in [-0.2, -0.15) is 0 Å². The Labute approximate surface area is 199 Å². The lowest BCUT2D eigenvalue weighted by molar-refractivity contribution is -0.135. The van der Waals surface area contributed by atoms with Crippen LogP contribution in [0.1, 0.15) is 61.6 Å². The zero-order chi connectivity index (χ0) is 21.6. The van der Waals surface area contributed by atoms with Crippen molar-refractivity contribution in [3.05, 3.63) is 71.8 Å². The van der Waals surface area contributed by atoms with Crippen LogP contribution in [0.2, 0.25) is 0 Å². The Kier molecular flexibility index (Phi) is 9.15. The fourth-order valence-corrected chi connectivity index (χ4v) is 5.47. The Morgan fingerprint density at radius 3 is 2.12 bits per heavy atom. The summed E-state index contributed by atoms with van der Waals surface area (Å²) in [5.41, 5.74) is 2.31. The highest BCUT2D eigenvalue weighted by Crippen LogP contribution is 2.38. The standard InChI is InChI=1S/C27H36N2O2.ClH/c1-28(25(21-11-5-2-6-12-21)20-29-18-17-24(30)19-29)27(31)26(22-13-7-3-8-14-22)23-15-9-4-10-16-23;/h2-3,5-8,11-14,23-26,30H,4,9-10,15-20H2,1H3;1H/t24-,25+,26?;/m0./s1. The summed E-state index contributed by atoms with van der Waals surface area (Å²) in [7, 11) is 1.98. The molecule has 2 fully saturated rings. The van der Waals surface area contributed by atoms with Crippen LogP contribution in [0.3, 0.4) is 0 Å². The summed E-state index contributed by atoms with van der Waals surface area (Å²) >= 11 is 0. The first-order valence-corrected chi connectivity index (χ1v) is 11.9. The summed E-state index contributed by atoms with van der Waals surface area (Å²) in [6, 6.07) is 20.7. The van der Waals surface area contributed by atoms with Crippen LogP contribution in [0.25, 0.3) is 0 Å². The second-order valence-corrected chi connectivity index (χ2v) is 9.36. The highest BCUT2D eigenvalue weighted by atomic mass is 35.5. The molecule has 5 heteroatoms. The molecule has 1 saturated carbocycles. The normalized spacial score (nSPS) is 21.5. The zero-order valence-electron chi connectivity index (χ0n) is 19.1. The lowest BCUT2D eigenvalue weighted by atomic mass is 9.76. The van der Waals surface area contributed by atoms with E-state index in [0.29, 0.717) is 12.5 Å². The molecule has 1 aliphatic carbocycles. The molecule has 1 amide bonds. The van der Waals surface area contributed by atoms with Crippen LogP contribution in [-0.2, 0) is 4.79 Å². The molecular formula is C27H37ClN2O2. The summed E-state index contributed by atoms with van der Waals surface area (Å²) in [5.74, 6) is 0.560. The molecule has 2 aromatic rings. The highest BCUT2D eigenvalue weighted by molar-refractivity contribution is 5.85. The number of aliphatic hydroxyl groups excluding tert-OH is 1. The Hall–Kier alpha value is -1.88. The molecule has 3 atom stereocenters. The average Bonchev–Trinajstić information content (AvgIpc) is 3.24. The Morgan fingerprint density at radius 2 is 1.56 bits per heavy atom. The molecule has 1 aliphatic heterocycles. The number of nitrogens with zero attached hydrogens (tertiary/aromatic N) is 2. The number of carbonyl (C=O) groups is 1. The van der Waals surface area contributed by atoms with E-state index in [1.54, 1.807) is 0 Å². The van der Waals surface area contributed by atoms with E-state index in [2.05, 4.69) is 53.4 Å². The summed E-state index contributed by atoms with van der Waals surface area (Å²) in [4.78, 5) is 18.3. The molecule has 0 bridgehead atoms. The van der Waals surface area contributed by atoms with Crippen molar-refractivity contribution in [3.63, 3.8) is 0 Å². The van der Waals surface area contributed by atoms with Gasteiger partial charge in [-0.05, 0) is 36.3 Å². The average molecular weight is 457 g/mol. The third kappa shape index (κ3) is 5.92. The van der Waals surface area contributed by atoms with Gasteiger partial charge in [0, 0.05) is 26.7 Å². The van der Waals surface area contributed by atoms with Crippen molar-refractivity contribution in [3.8, 4) is 0 Å². The van der Waals surface area contributed by atoms with Gasteiger partial charge in [-0.3, -0.25) is 9.69 Å². The first-order chi connectivity index (χ1) is 15.1. The number of halogens is 1. The maximum absolute atomic E-state index is 14.1. The molecule has 2 aromatic carbocycles. The van der Waals surface area contributed by atoms with Crippen molar-refractivity contribution in [2.75, 3.05) is 26.7 Å². The van der Waals surface area contributed by atoms with Gasteiger partial charge in [0.25, 0.3) is 0 Å². The highest BCUT2D eigenvalue weighted by Gasteiger charge is 2.36. The van der Waals surface area contributed by atoms with Crippen molar-refractivity contribution in [2.45, 2.75) is 56.6 Å². The maximum Gasteiger partial charge on any atom is 0.230 e.